The van der Waals surface area contributed by atoms with Gasteiger partial charge in [0.15, 0.2) is 0 Å². The molecule has 0 fully saturated rings. The number of hydrogen-bond donors (Lipinski definition) is 1. The number of hydrogen-bond acceptors (Lipinski definition) is 1. The van der Waals surface area contributed by atoms with Crippen molar-refractivity contribution in [1.82, 2.24) is 5.32 Å². The van der Waals surface area contributed by atoms with E-state index in [1.54, 1.807) is 0 Å². The number of nitrogens with one attached hydrogen (secondary N) is 1. The lowest BCUT2D eigenvalue weighted by atomic mass is 9.87. The largest absolute Gasteiger partial charge is 0.307 e. The molecule has 2 unspecified atom stereocenters. The Morgan fingerprint density at radius 1 is 1.24 bits per heavy atom. The summed E-state index contributed by atoms with van der Waals surface area (Å²) in [4.78, 5) is 0. The molecule has 1 N–H and O–H groups in total. The Labute approximate surface area is 112 Å². The van der Waals surface area contributed by atoms with Crippen LogP contribution in [-0.4, -0.2) is 6.04 Å². The van der Waals surface area contributed by atoms with E-state index < -0.39 is 0 Å². The SMILES string of the molecule is CC(NC(C)C(C)(C)C)c1ccc(Br)cc1F. The van der Waals surface area contributed by atoms with E-state index in [9.17, 15) is 4.39 Å². The van der Waals surface area contributed by atoms with Crippen LogP contribution in [0.15, 0.2) is 22.7 Å². The van der Waals surface area contributed by atoms with Crippen LogP contribution in [0.4, 0.5) is 4.39 Å². The molecule has 0 bridgehead atoms. The fourth-order valence-electron chi connectivity index (χ4n) is 1.57. The van der Waals surface area contributed by atoms with Crippen LogP contribution in [0.1, 0.15) is 46.2 Å². The summed E-state index contributed by atoms with van der Waals surface area (Å²) in [5.74, 6) is -0.166. The summed E-state index contributed by atoms with van der Waals surface area (Å²) in [6.45, 7) is 10.7. The van der Waals surface area contributed by atoms with Crippen molar-refractivity contribution in [3.8, 4) is 0 Å². The standard InChI is InChI=1S/C14H21BrFN/c1-9(17-10(2)14(3,4)5)12-7-6-11(15)8-13(12)16/h6-10,17H,1-5H3. The average molecular weight is 302 g/mol. The van der Waals surface area contributed by atoms with Crippen LogP contribution in [0.2, 0.25) is 0 Å². The van der Waals surface area contributed by atoms with Crippen LogP contribution in [0, 0.1) is 11.2 Å². The topological polar surface area (TPSA) is 12.0 Å². The van der Waals surface area contributed by atoms with Crippen LogP contribution in [0.3, 0.4) is 0 Å². The smallest absolute Gasteiger partial charge is 0.129 e. The molecule has 1 aromatic rings. The van der Waals surface area contributed by atoms with Crippen LogP contribution in [-0.2, 0) is 0 Å². The van der Waals surface area contributed by atoms with Crippen LogP contribution in [0.25, 0.3) is 0 Å². The number of rotatable bonds is 3. The van der Waals surface area contributed by atoms with Crippen molar-refractivity contribution in [2.24, 2.45) is 5.41 Å². The first-order valence-electron chi connectivity index (χ1n) is 5.93. The zero-order valence-corrected chi connectivity index (χ0v) is 12.7. The van der Waals surface area contributed by atoms with Gasteiger partial charge in [-0.2, -0.15) is 0 Å². The molecule has 0 saturated carbocycles. The van der Waals surface area contributed by atoms with Gasteiger partial charge in [0.2, 0.25) is 0 Å². The summed E-state index contributed by atoms with van der Waals surface area (Å²) in [5, 5.41) is 3.44. The Morgan fingerprint density at radius 2 is 1.82 bits per heavy atom. The molecule has 0 spiro atoms. The minimum Gasteiger partial charge on any atom is -0.307 e. The van der Waals surface area contributed by atoms with Crippen molar-refractivity contribution in [3.63, 3.8) is 0 Å². The summed E-state index contributed by atoms with van der Waals surface area (Å²) >= 11 is 3.27. The van der Waals surface area contributed by atoms with Crippen molar-refractivity contribution < 1.29 is 4.39 Å². The molecule has 0 radical (unpaired) electrons. The van der Waals surface area contributed by atoms with Gasteiger partial charge in [-0.15, -0.1) is 0 Å². The fourth-order valence-corrected chi connectivity index (χ4v) is 1.90. The zero-order chi connectivity index (χ0) is 13.2. The molecule has 0 aliphatic rings. The first kappa shape index (κ1) is 14.7. The third kappa shape index (κ3) is 4.07. The highest BCUT2D eigenvalue weighted by molar-refractivity contribution is 9.10. The quantitative estimate of drug-likeness (QED) is 0.855. The summed E-state index contributed by atoms with van der Waals surface area (Å²) in [5.41, 5.74) is 0.879. The Kier molecular flexibility index (Phi) is 4.73. The summed E-state index contributed by atoms with van der Waals surface area (Å²) in [6, 6.07) is 5.54. The highest BCUT2D eigenvalue weighted by Crippen LogP contribution is 2.25. The minimum atomic E-state index is -0.166. The lowest BCUT2D eigenvalue weighted by Gasteiger charge is -2.31. The molecule has 0 heterocycles. The average Bonchev–Trinajstić information content (AvgIpc) is 2.15. The van der Waals surface area contributed by atoms with Crippen molar-refractivity contribution >= 4 is 15.9 Å². The second-order valence-corrected chi connectivity index (χ2v) is 6.56. The van der Waals surface area contributed by atoms with Crippen LogP contribution >= 0.6 is 15.9 Å². The van der Waals surface area contributed by atoms with Crippen molar-refractivity contribution in [1.29, 1.82) is 0 Å². The van der Waals surface area contributed by atoms with E-state index in [1.165, 1.54) is 6.07 Å². The van der Waals surface area contributed by atoms with E-state index in [4.69, 9.17) is 0 Å². The van der Waals surface area contributed by atoms with Gasteiger partial charge in [-0.1, -0.05) is 42.8 Å². The summed E-state index contributed by atoms with van der Waals surface area (Å²) < 4.78 is 14.6. The highest BCUT2D eigenvalue weighted by atomic mass is 79.9. The molecule has 2 atom stereocenters. The molecule has 0 aliphatic heterocycles. The van der Waals surface area contributed by atoms with E-state index in [0.717, 1.165) is 4.47 Å². The Hall–Kier alpha value is -0.410. The zero-order valence-electron chi connectivity index (χ0n) is 11.1. The molecule has 1 nitrogen and oxygen atoms in total. The maximum absolute atomic E-state index is 13.8. The third-order valence-corrected chi connectivity index (χ3v) is 3.72. The van der Waals surface area contributed by atoms with Crippen LogP contribution in [0.5, 0.6) is 0 Å². The van der Waals surface area contributed by atoms with E-state index in [-0.39, 0.29) is 17.3 Å². The Bertz CT molecular complexity index is 384. The second-order valence-electron chi connectivity index (χ2n) is 5.64. The molecular formula is C14H21BrFN. The highest BCUT2D eigenvalue weighted by Gasteiger charge is 2.22. The maximum atomic E-state index is 13.8. The normalized spacial score (nSPS) is 15.7. The predicted molar refractivity (Wildman–Crippen MR) is 74.6 cm³/mol. The van der Waals surface area contributed by atoms with E-state index in [0.29, 0.717) is 11.6 Å². The third-order valence-electron chi connectivity index (χ3n) is 3.23. The van der Waals surface area contributed by atoms with Crippen LogP contribution < -0.4 is 5.32 Å². The first-order valence-corrected chi connectivity index (χ1v) is 6.72. The molecule has 0 saturated heterocycles. The minimum absolute atomic E-state index is 0.0114. The fraction of sp³-hybridized carbons (Fsp3) is 0.571. The predicted octanol–water partition coefficient (Wildman–Crippen LogP) is 4.67. The summed E-state index contributed by atoms with van der Waals surface area (Å²) in [7, 11) is 0. The molecule has 0 aromatic heterocycles. The van der Waals surface area contributed by atoms with Gasteiger partial charge in [0, 0.05) is 22.1 Å². The lowest BCUT2D eigenvalue weighted by Crippen LogP contribution is -2.39. The van der Waals surface area contributed by atoms with Crippen molar-refractivity contribution in [2.45, 2.75) is 46.7 Å². The lowest BCUT2D eigenvalue weighted by molar-refractivity contribution is 0.266. The Balaban J connectivity index is 2.80. The van der Waals surface area contributed by atoms with Gasteiger partial charge in [0.1, 0.15) is 5.82 Å². The molecule has 96 valence electrons. The summed E-state index contributed by atoms with van der Waals surface area (Å²) in [6.07, 6.45) is 0. The van der Waals surface area contributed by atoms with Crippen molar-refractivity contribution in [3.05, 3.63) is 34.1 Å². The maximum Gasteiger partial charge on any atom is 0.129 e. The van der Waals surface area contributed by atoms with Crippen molar-refractivity contribution in [2.75, 3.05) is 0 Å². The van der Waals surface area contributed by atoms with E-state index in [2.05, 4.69) is 48.9 Å². The monoisotopic (exact) mass is 301 g/mol. The molecule has 0 amide bonds. The van der Waals surface area contributed by atoms with E-state index >= 15 is 0 Å². The van der Waals surface area contributed by atoms with E-state index in [1.807, 2.05) is 19.1 Å². The molecule has 0 aliphatic carbocycles. The van der Waals surface area contributed by atoms with Gasteiger partial charge in [0.25, 0.3) is 0 Å². The first-order chi connectivity index (χ1) is 7.71. The number of benzene rings is 1. The van der Waals surface area contributed by atoms with Gasteiger partial charge < -0.3 is 5.32 Å². The number of halogens is 2. The Morgan fingerprint density at radius 3 is 2.29 bits per heavy atom. The van der Waals surface area contributed by atoms with Gasteiger partial charge >= 0.3 is 0 Å². The van der Waals surface area contributed by atoms with Gasteiger partial charge in [0.05, 0.1) is 0 Å². The second kappa shape index (κ2) is 5.49. The molecule has 3 heteroatoms. The molecule has 17 heavy (non-hydrogen) atoms. The van der Waals surface area contributed by atoms with Gasteiger partial charge in [-0.25, -0.2) is 4.39 Å². The molecular weight excluding hydrogens is 281 g/mol. The van der Waals surface area contributed by atoms with Gasteiger partial charge in [-0.05, 0) is 31.4 Å². The van der Waals surface area contributed by atoms with Gasteiger partial charge in [-0.3, -0.25) is 0 Å². The molecule has 1 aromatic carbocycles. The molecule has 1 rings (SSSR count).